The summed E-state index contributed by atoms with van der Waals surface area (Å²) >= 11 is 0. The lowest BCUT2D eigenvalue weighted by Crippen LogP contribution is -2.06. The van der Waals surface area contributed by atoms with E-state index in [0.29, 0.717) is 0 Å². The normalized spacial score (nSPS) is 10.1. The van der Waals surface area contributed by atoms with Gasteiger partial charge in [0.1, 0.15) is 5.82 Å². The molecule has 80 valence electrons. The zero-order valence-corrected chi connectivity index (χ0v) is 8.07. The van der Waals surface area contributed by atoms with Gasteiger partial charge in [-0.1, -0.05) is 0 Å². The Hall–Kier alpha value is -1.98. The van der Waals surface area contributed by atoms with E-state index in [-0.39, 0.29) is 16.7 Å². The molecule has 1 rings (SSSR count). The number of carboxylic acid groups (broad SMARTS) is 1. The third kappa shape index (κ3) is 1.78. The van der Waals surface area contributed by atoms with Crippen molar-refractivity contribution in [2.24, 2.45) is 0 Å². The highest BCUT2D eigenvalue weighted by atomic mass is 19.1. The monoisotopic (exact) mass is 213 g/mol. The van der Waals surface area contributed by atoms with E-state index in [1.165, 1.54) is 13.8 Å². The fourth-order valence-electron chi connectivity index (χ4n) is 1.28. The molecule has 15 heavy (non-hydrogen) atoms. The Kier molecular flexibility index (Phi) is 2.69. The van der Waals surface area contributed by atoms with Gasteiger partial charge in [-0.05, 0) is 13.8 Å². The average molecular weight is 213 g/mol. The number of halogens is 1. The third-order valence-corrected chi connectivity index (χ3v) is 2.15. The van der Waals surface area contributed by atoms with E-state index in [4.69, 9.17) is 5.11 Å². The quantitative estimate of drug-likeness (QED) is 0.602. The van der Waals surface area contributed by atoms with Crippen molar-refractivity contribution in [1.82, 2.24) is 0 Å². The second-order valence-electron chi connectivity index (χ2n) is 3.07. The minimum Gasteiger partial charge on any atom is -0.478 e. The predicted octanol–water partition coefficient (Wildman–Crippen LogP) is 2.05. The minimum atomic E-state index is -1.38. The van der Waals surface area contributed by atoms with Crippen LogP contribution in [0.3, 0.4) is 0 Å². The summed E-state index contributed by atoms with van der Waals surface area (Å²) in [5.41, 5.74) is -1.14. The molecule has 0 amide bonds. The van der Waals surface area contributed by atoms with E-state index < -0.39 is 22.4 Å². The molecule has 0 fully saturated rings. The number of aromatic carboxylic acids is 1. The molecule has 0 saturated carbocycles. The van der Waals surface area contributed by atoms with Crippen LogP contribution in [0.4, 0.5) is 10.1 Å². The first kappa shape index (κ1) is 11.1. The second-order valence-corrected chi connectivity index (χ2v) is 3.07. The van der Waals surface area contributed by atoms with E-state index in [1.807, 2.05) is 0 Å². The maximum Gasteiger partial charge on any atom is 0.336 e. The zero-order valence-electron chi connectivity index (χ0n) is 8.07. The number of rotatable bonds is 2. The Labute approximate surface area is 84.3 Å². The van der Waals surface area contributed by atoms with E-state index in [9.17, 15) is 19.3 Å². The summed E-state index contributed by atoms with van der Waals surface area (Å²) < 4.78 is 13.4. The van der Waals surface area contributed by atoms with Crippen molar-refractivity contribution in [3.63, 3.8) is 0 Å². The lowest BCUT2D eigenvalue weighted by atomic mass is 10.0. The van der Waals surface area contributed by atoms with Gasteiger partial charge >= 0.3 is 5.97 Å². The van der Waals surface area contributed by atoms with Gasteiger partial charge in [0.05, 0.1) is 16.1 Å². The Morgan fingerprint density at radius 3 is 2.40 bits per heavy atom. The van der Waals surface area contributed by atoms with Gasteiger partial charge in [-0.15, -0.1) is 0 Å². The standard InChI is InChI=1S/C9H8FNO4/c1-4-6(9(12)13)3-7(11(14)15)5(2)8(4)10/h3H,1-2H3,(H,12,13). The molecule has 0 unspecified atom stereocenters. The molecule has 0 aromatic heterocycles. The Balaban J connectivity index is 3.59. The largest absolute Gasteiger partial charge is 0.478 e. The summed E-state index contributed by atoms with van der Waals surface area (Å²) in [6, 6.07) is 0.871. The zero-order chi connectivity index (χ0) is 11.7. The first-order chi connectivity index (χ1) is 6.86. The molecule has 1 N–H and O–H groups in total. The lowest BCUT2D eigenvalue weighted by Gasteiger charge is -2.05. The van der Waals surface area contributed by atoms with Gasteiger partial charge in [-0.2, -0.15) is 0 Å². The first-order valence-corrected chi connectivity index (χ1v) is 4.03. The summed E-state index contributed by atoms with van der Waals surface area (Å²) in [7, 11) is 0. The van der Waals surface area contributed by atoms with Crippen molar-refractivity contribution in [3.05, 3.63) is 38.7 Å². The number of carbonyl (C=O) groups is 1. The fraction of sp³-hybridized carbons (Fsp3) is 0.222. The highest BCUT2D eigenvalue weighted by molar-refractivity contribution is 5.90. The molecule has 0 aliphatic carbocycles. The molecule has 0 saturated heterocycles. The van der Waals surface area contributed by atoms with Crippen molar-refractivity contribution < 1.29 is 19.2 Å². The van der Waals surface area contributed by atoms with Crippen molar-refractivity contribution in [2.75, 3.05) is 0 Å². The fourth-order valence-corrected chi connectivity index (χ4v) is 1.28. The molecular formula is C9H8FNO4. The maximum atomic E-state index is 13.4. The summed E-state index contributed by atoms with van der Waals surface area (Å²) in [5.74, 6) is -2.23. The van der Waals surface area contributed by atoms with Crippen molar-refractivity contribution in [1.29, 1.82) is 0 Å². The topological polar surface area (TPSA) is 80.4 Å². The van der Waals surface area contributed by atoms with Crippen LogP contribution in [0.25, 0.3) is 0 Å². The highest BCUT2D eigenvalue weighted by Crippen LogP contribution is 2.26. The van der Waals surface area contributed by atoms with Crippen LogP contribution in [0.1, 0.15) is 21.5 Å². The van der Waals surface area contributed by atoms with E-state index in [0.717, 1.165) is 6.07 Å². The number of nitrogens with zero attached hydrogens (tertiary/aromatic N) is 1. The SMILES string of the molecule is Cc1c(C(=O)O)cc([N+](=O)[O-])c(C)c1F. The van der Waals surface area contributed by atoms with Crippen molar-refractivity contribution >= 4 is 11.7 Å². The summed E-state index contributed by atoms with van der Waals surface area (Å²) in [4.78, 5) is 20.4. The van der Waals surface area contributed by atoms with Crippen LogP contribution < -0.4 is 0 Å². The van der Waals surface area contributed by atoms with E-state index in [1.54, 1.807) is 0 Å². The van der Waals surface area contributed by atoms with E-state index in [2.05, 4.69) is 0 Å². The van der Waals surface area contributed by atoms with E-state index >= 15 is 0 Å². The molecule has 5 nitrogen and oxygen atoms in total. The summed E-state index contributed by atoms with van der Waals surface area (Å²) in [5, 5.41) is 19.2. The molecule has 0 atom stereocenters. The van der Waals surface area contributed by atoms with Crippen molar-refractivity contribution in [3.8, 4) is 0 Å². The van der Waals surface area contributed by atoms with Gasteiger partial charge in [-0.3, -0.25) is 10.1 Å². The molecule has 0 heterocycles. The van der Waals surface area contributed by atoms with Gasteiger partial charge in [-0.25, -0.2) is 9.18 Å². The average Bonchev–Trinajstić information content (AvgIpc) is 2.13. The number of carboxylic acids is 1. The predicted molar refractivity (Wildman–Crippen MR) is 49.5 cm³/mol. The number of hydrogen-bond donors (Lipinski definition) is 1. The first-order valence-electron chi connectivity index (χ1n) is 4.03. The van der Waals surface area contributed by atoms with Crippen molar-refractivity contribution in [2.45, 2.75) is 13.8 Å². The van der Waals surface area contributed by atoms with Crippen LogP contribution in [-0.2, 0) is 0 Å². The third-order valence-electron chi connectivity index (χ3n) is 2.15. The summed E-state index contributed by atoms with van der Waals surface area (Å²) in [6.07, 6.45) is 0. The molecule has 6 heteroatoms. The van der Waals surface area contributed by atoms with Gasteiger partial charge in [0.15, 0.2) is 0 Å². The molecule has 1 aromatic carbocycles. The summed E-state index contributed by atoms with van der Waals surface area (Å²) in [6.45, 7) is 2.52. The molecule has 0 radical (unpaired) electrons. The second kappa shape index (κ2) is 3.64. The molecular weight excluding hydrogens is 205 g/mol. The van der Waals surface area contributed by atoms with Crippen LogP contribution in [0, 0.1) is 29.8 Å². The number of benzene rings is 1. The highest BCUT2D eigenvalue weighted by Gasteiger charge is 2.22. The van der Waals surface area contributed by atoms with Gasteiger partial charge in [0, 0.05) is 11.6 Å². The lowest BCUT2D eigenvalue weighted by molar-refractivity contribution is -0.385. The van der Waals surface area contributed by atoms with Crippen LogP contribution in [0.5, 0.6) is 0 Å². The number of nitro groups is 1. The van der Waals surface area contributed by atoms with Gasteiger partial charge < -0.3 is 5.11 Å². The van der Waals surface area contributed by atoms with Gasteiger partial charge in [0.2, 0.25) is 0 Å². The van der Waals surface area contributed by atoms with Crippen LogP contribution in [-0.4, -0.2) is 16.0 Å². The molecule has 0 bridgehead atoms. The Morgan fingerprint density at radius 1 is 1.47 bits per heavy atom. The molecule has 0 aliphatic rings. The molecule has 1 aromatic rings. The number of hydrogen-bond acceptors (Lipinski definition) is 3. The Bertz CT molecular complexity index is 418. The Morgan fingerprint density at radius 2 is 2.00 bits per heavy atom. The number of nitro benzene ring substituents is 1. The van der Waals surface area contributed by atoms with Crippen LogP contribution in [0.15, 0.2) is 6.07 Å². The van der Waals surface area contributed by atoms with Crippen LogP contribution in [0.2, 0.25) is 0 Å². The van der Waals surface area contributed by atoms with Crippen LogP contribution >= 0.6 is 0 Å². The van der Waals surface area contributed by atoms with Gasteiger partial charge in [0.25, 0.3) is 5.69 Å². The smallest absolute Gasteiger partial charge is 0.336 e. The minimum absolute atomic E-state index is 0.0920. The maximum absolute atomic E-state index is 13.4. The molecule has 0 aliphatic heterocycles. The molecule has 0 spiro atoms.